The molecular formula is C6H12NO. The van der Waals surface area contributed by atoms with Crippen molar-refractivity contribution in [3.05, 3.63) is 6.42 Å². The summed E-state index contributed by atoms with van der Waals surface area (Å²) in [7, 11) is 3.81. The molecule has 0 aliphatic carbocycles. The fourth-order valence-corrected chi connectivity index (χ4v) is 1.00. The number of rotatable bonds is 1. The van der Waals surface area contributed by atoms with Crippen molar-refractivity contribution < 1.29 is 4.74 Å². The number of ether oxygens (including phenoxy) is 1. The van der Waals surface area contributed by atoms with Crippen molar-refractivity contribution in [3.63, 3.8) is 0 Å². The third-order valence-corrected chi connectivity index (χ3v) is 1.53. The van der Waals surface area contributed by atoms with Crippen LogP contribution in [0.2, 0.25) is 0 Å². The maximum atomic E-state index is 5.09. The minimum Gasteiger partial charge on any atom is -0.366 e. The van der Waals surface area contributed by atoms with Crippen LogP contribution in [0.5, 0.6) is 0 Å². The Bertz CT molecular complexity index is 74.9. The average molecular weight is 114 g/mol. The summed E-state index contributed by atoms with van der Waals surface area (Å²) in [5.41, 5.74) is 0. The number of hydrogen-bond donors (Lipinski definition) is 0. The molecule has 1 heterocycles. The van der Waals surface area contributed by atoms with Crippen molar-refractivity contribution in [1.29, 1.82) is 0 Å². The molecule has 47 valence electrons. The molecule has 1 fully saturated rings. The second kappa shape index (κ2) is 2.46. The summed E-state index contributed by atoms with van der Waals surface area (Å²) in [4.78, 5) is 2.18. The molecule has 1 saturated heterocycles. The van der Waals surface area contributed by atoms with E-state index in [1.807, 2.05) is 0 Å². The van der Waals surface area contributed by atoms with E-state index in [1.165, 1.54) is 0 Å². The highest BCUT2D eigenvalue weighted by molar-refractivity contribution is 4.84. The first-order chi connectivity index (χ1) is 3.84. The van der Waals surface area contributed by atoms with Gasteiger partial charge in [0.15, 0.2) is 0 Å². The molecule has 1 atom stereocenters. The molecule has 0 spiro atoms. The molecule has 1 aliphatic heterocycles. The monoisotopic (exact) mass is 114 g/mol. The number of methoxy groups -OCH3 is 1. The third kappa shape index (κ3) is 1.01. The fraction of sp³-hybridized carbons (Fsp3) is 0.833. The molecule has 0 N–H and O–H groups in total. The number of hydrogen-bond acceptors (Lipinski definition) is 2. The van der Waals surface area contributed by atoms with Crippen molar-refractivity contribution >= 4 is 0 Å². The van der Waals surface area contributed by atoms with E-state index in [1.54, 1.807) is 7.11 Å². The first kappa shape index (κ1) is 6.05. The van der Waals surface area contributed by atoms with Gasteiger partial charge in [0.25, 0.3) is 0 Å². The average Bonchev–Trinajstić information content (AvgIpc) is 2.14. The Morgan fingerprint density at radius 1 is 1.75 bits per heavy atom. The Kier molecular flexibility index (Phi) is 1.86. The van der Waals surface area contributed by atoms with Crippen LogP contribution in [0.15, 0.2) is 0 Å². The Morgan fingerprint density at radius 2 is 2.50 bits per heavy atom. The van der Waals surface area contributed by atoms with E-state index in [9.17, 15) is 0 Å². The molecule has 1 rings (SSSR count). The van der Waals surface area contributed by atoms with Crippen molar-refractivity contribution in [2.75, 3.05) is 20.7 Å². The second-order valence-electron chi connectivity index (χ2n) is 2.13. The van der Waals surface area contributed by atoms with Crippen LogP contribution in [-0.4, -0.2) is 31.8 Å². The molecule has 2 heteroatoms. The summed E-state index contributed by atoms with van der Waals surface area (Å²) >= 11 is 0. The zero-order valence-corrected chi connectivity index (χ0v) is 5.42. The Labute approximate surface area is 50.4 Å². The van der Waals surface area contributed by atoms with Crippen LogP contribution in [0.1, 0.15) is 6.42 Å². The molecule has 8 heavy (non-hydrogen) atoms. The van der Waals surface area contributed by atoms with Crippen LogP contribution in [-0.2, 0) is 4.74 Å². The summed E-state index contributed by atoms with van der Waals surface area (Å²) < 4.78 is 5.09. The number of likely N-dealkylation sites (tertiary alicyclic amines) is 1. The smallest absolute Gasteiger partial charge is 0.113 e. The molecule has 0 aromatic rings. The summed E-state index contributed by atoms with van der Waals surface area (Å²) in [5.74, 6) is 0. The summed E-state index contributed by atoms with van der Waals surface area (Å²) in [5, 5.41) is 0. The molecule has 0 aromatic heterocycles. The van der Waals surface area contributed by atoms with Gasteiger partial charge in [0.05, 0.1) is 0 Å². The van der Waals surface area contributed by atoms with Gasteiger partial charge in [-0.25, -0.2) is 0 Å². The predicted molar refractivity (Wildman–Crippen MR) is 32.3 cm³/mol. The second-order valence-corrected chi connectivity index (χ2v) is 2.13. The lowest BCUT2D eigenvalue weighted by Gasteiger charge is -2.16. The van der Waals surface area contributed by atoms with Gasteiger partial charge in [-0.3, -0.25) is 4.90 Å². The maximum Gasteiger partial charge on any atom is 0.113 e. The molecule has 2 nitrogen and oxygen atoms in total. The fourth-order valence-electron chi connectivity index (χ4n) is 1.00. The normalized spacial score (nSPS) is 31.5. The van der Waals surface area contributed by atoms with E-state index in [4.69, 9.17) is 4.74 Å². The Balaban J connectivity index is 2.30. The van der Waals surface area contributed by atoms with Crippen LogP contribution >= 0.6 is 0 Å². The summed E-state index contributed by atoms with van der Waals surface area (Å²) in [6, 6.07) is 0. The lowest BCUT2D eigenvalue weighted by molar-refractivity contribution is 0.0318. The highest BCUT2D eigenvalue weighted by Crippen LogP contribution is 2.12. The topological polar surface area (TPSA) is 12.5 Å². The van der Waals surface area contributed by atoms with Gasteiger partial charge in [0.2, 0.25) is 0 Å². The lowest BCUT2D eigenvalue weighted by Crippen LogP contribution is -2.26. The van der Waals surface area contributed by atoms with E-state index in [-0.39, 0.29) is 6.23 Å². The SMILES string of the molecule is COC1[CH]CCN1C. The van der Waals surface area contributed by atoms with Crippen molar-refractivity contribution in [2.24, 2.45) is 0 Å². The van der Waals surface area contributed by atoms with Crippen molar-refractivity contribution in [3.8, 4) is 0 Å². The van der Waals surface area contributed by atoms with Gasteiger partial charge in [-0.2, -0.15) is 0 Å². The third-order valence-electron chi connectivity index (χ3n) is 1.53. The lowest BCUT2D eigenvalue weighted by atomic mass is 10.4. The standard InChI is InChI=1S/C6H12NO/c1-7-5-3-4-6(7)8-2/h4,6H,3,5H2,1-2H3. The highest BCUT2D eigenvalue weighted by atomic mass is 16.5. The molecule has 1 unspecified atom stereocenters. The van der Waals surface area contributed by atoms with Gasteiger partial charge < -0.3 is 4.74 Å². The van der Waals surface area contributed by atoms with Gasteiger partial charge in [-0.15, -0.1) is 0 Å². The molecule has 0 aromatic carbocycles. The van der Waals surface area contributed by atoms with Gasteiger partial charge in [0, 0.05) is 20.1 Å². The zero-order chi connectivity index (χ0) is 5.98. The van der Waals surface area contributed by atoms with Crippen LogP contribution < -0.4 is 0 Å². The highest BCUT2D eigenvalue weighted by Gasteiger charge is 2.19. The molecule has 1 aliphatic rings. The minimum absolute atomic E-state index is 0.273. The van der Waals surface area contributed by atoms with Crippen LogP contribution in [0, 0.1) is 6.42 Å². The predicted octanol–water partition coefficient (Wildman–Crippen LogP) is 0.499. The first-order valence-corrected chi connectivity index (χ1v) is 2.91. The van der Waals surface area contributed by atoms with Gasteiger partial charge in [-0.05, 0) is 13.5 Å². The van der Waals surface area contributed by atoms with Crippen LogP contribution in [0.4, 0.5) is 0 Å². The Hall–Kier alpha value is -0.0800. The quantitative estimate of drug-likeness (QED) is 0.492. The van der Waals surface area contributed by atoms with Gasteiger partial charge in [-0.1, -0.05) is 0 Å². The van der Waals surface area contributed by atoms with Crippen LogP contribution in [0.3, 0.4) is 0 Å². The largest absolute Gasteiger partial charge is 0.366 e. The van der Waals surface area contributed by atoms with E-state index in [2.05, 4.69) is 18.4 Å². The number of nitrogens with zero attached hydrogens (tertiary/aromatic N) is 1. The zero-order valence-electron chi connectivity index (χ0n) is 5.42. The van der Waals surface area contributed by atoms with Gasteiger partial charge >= 0.3 is 0 Å². The Morgan fingerprint density at radius 3 is 2.75 bits per heavy atom. The summed E-state index contributed by atoms with van der Waals surface area (Å²) in [6.45, 7) is 1.14. The van der Waals surface area contributed by atoms with Crippen LogP contribution in [0.25, 0.3) is 0 Å². The molecular weight excluding hydrogens is 102 g/mol. The molecule has 0 saturated carbocycles. The van der Waals surface area contributed by atoms with E-state index in [0.717, 1.165) is 13.0 Å². The van der Waals surface area contributed by atoms with E-state index < -0.39 is 0 Å². The van der Waals surface area contributed by atoms with E-state index >= 15 is 0 Å². The minimum atomic E-state index is 0.273. The van der Waals surface area contributed by atoms with E-state index in [0.29, 0.717) is 0 Å². The molecule has 1 radical (unpaired) electrons. The van der Waals surface area contributed by atoms with Crippen molar-refractivity contribution in [1.82, 2.24) is 4.90 Å². The molecule has 0 amide bonds. The summed E-state index contributed by atoms with van der Waals surface area (Å²) in [6.07, 6.45) is 3.62. The molecule has 0 bridgehead atoms. The van der Waals surface area contributed by atoms with Crippen molar-refractivity contribution in [2.45, 2.75) is 12.6 Å². The van der Waals surface area contributed by atoms with Gasteiger partial charge in [0.1, 0.15) is 6.23 Å². The maximum absolute atomic E-state index is 5.09. The first-order valence-electron chi connectivity index (χ1n) is 2.91.